The van der Waals surface area contributed by atoms with Crippen LogP contribution in [0.25, 0.3) is 0 Å². The molecule has 1 saturated heterocycles. The molecule has 24 heavy (non-hydrogen) atoms. The predicted octanol–water partition coefficient (Wildman–Crippen LogP) is 3.59. The number of benzene rings is 2. The molecule has 2 aromatic rings. The van der Waals surface area contributed by atoms with Gasteiger partial charge in [-0.25, -0.2) is 0 Å². The van der Waals surface area contributed by atoms with Gasteiger partial charge in [-0.3, -0.25) is 4.79 Å². The van der Waals surface area contributed by atoms with E-state index in [2.05, 4.69) is 4.90 Å². The van der Waals surface area contributed by atoms with Crippen molar-refractivity contribution in [3.8, 4) is 5.75 Å². The van der Waals surface area contributed by atoms with Crippen molar-refractivity contribution in [2.24, 2.45) is 0 Å². The van der Waals surface area contributed by atoms with Crippen LogP contribution in [0.1, 0.15) is 5.56 Å². The first-order valence-electron chi connectivity index (χ1n) is 7.79. The Morgan fingerprint density at radius 1 is 1.00 bits per heavy atom. The third-order valence-electron chi connectivity index (χ3n) is 4.22. The van der Waals surface area contributed by atoms with Crippen LogP contribution in [-0.2, 0) is 11.2 Å². The molecule has 1 heterocycles. The fourth-order valence-electron chi connectivity index (χ4n) is 2.87. The number of halogens is 2. The molecule has 1 N–H and O–H groups in total. The molecule has 0 aromatic heterocycles. The fraction of sp³-hybridized carbons (Fsp3) is 0.278. The monoisotopic (exact) mass is 364 g/mol. The molecule has 0 saturated carbocycles. The molecule has 6 heteroatoms. The second-order valence-electron chi connectivity index (χ2n) is 5.76. The second-order valence-corrected chi connectivity index (χ2v) is 6.58. The predicted molar refractivity (Wildman–Crippen MR) is 97.1 cm³/mol. The molecule has 0 unspecified atom stereocenters. The number of anilines is 1. The van der Waals surface area contributed by atoms with Gasteiger partial charge in [0.15, 0.2) is 0 Å². The molecule has 0 atom stereocenters. The van der Waals surface area contributed by atoms with Crippen molar-refractivity contribution in [1.29, 1.82) is 0 Å². The van der Waals surface area contributed by atoms with E-state index < -0.39 is 0 Å². The highest BCUT2D eigenvalue weighted by molar-refractivity contribution is 6.36. The Morgan fingerprint density at radius 3 is 2.25 bits per heavy atom. The minimum Gasteiger partial charge on any atom is -0.508 e. The molecular formula is C18H18Cl2N2O2. The molecular weight excluding hydrogens is 347 g/mol. The van der Waals surface area contributed by atoms with E-state index in [0.717, 1.165) is 18.8 Å². The first-order chi connectivity index (χ1) is 11.5. The highest BCUT2D eigenvalue weighted by atomic mass is 35.5. The van der Waals surface area contributed by atoms with Crippen molar-refractivity contribution in [2.75, 3.05) is 31.1 Å². The third-order valence-corrected chi connectivity index (χ3v) is 4.93. The van der Waals surface area contributed by atoms with Gasteiger partial charge in [-0.2, -0.15) is 0 Å². The Bertz CT molecular complexity index is 723. The van der Waals surface area contributed by atoms with Crippen LogP contribution in [0.5, 0.6) is 5.75 Å². The zero-order chi connectivity index (χ0) is 17.1. The molecule has 1 aliphatic rings. The largest absolute Gasteiger partial charge is 0.508 e. The van der Waals surface area contributed by atoms with Crippen LogP contribution in [0, 0.1) is 0 Å². The van der Waals surface area contributed by atoms with E-state index in [9.17, 15) is 9.90 Å². The number of rotatable bonds is 3. The Kier molecular flexibility index (Phi) is 5.17. The molecule has 0 spiro atoms. The van der Waals surface area contributed by atoms with Crippen LogP contribution in [0.3, 0.4) is 0 Å². The Hall–Kier alpha value is -1.91. The van der Waals surface area contributed by atoms with E-state index in [4.69, 9.17) is 23.2 Å². The molecule has 1 aliphatic heterocycles. The number of phenolic OH excluding ortho intramolecular Hbond substituents is 1. The summed E-state index contributed by atoms with van der Waals surface area (Å²) in [5.74, 6) is 0.278. The number of phenols is 1. The van der Waals surface area contributed by atoms with E-state index in [0.29, 0.717) is 28.7 Å². The van der Waals surface area contributed by atoms with Crippen molar-refractivity contribution >= 4 is 34.8 Å². The van der Waals surface area contributed by atoms with Crippen LogP contribution < -0.4 is 4.90 Å². The lowest BCUT2D eigenvalue weighted by atomic mass is 10.1. The van der Waals surface area contributed by atoms with Gasteiger partial charge >= 0.3 is 0 Å². The number of aromatic hydroxyl groups is 1. The minimum atomic E-state index is 0.0283. The van der Waals surface area contributed by atoms with Gasteiger partial charge in [0, 0.05) is 48.0 Å². The van der Waals surface area contributed by atoms with Crippen LogP contribution in [0.4, 0.5) is 5.69 Å². The van der Waals surface area contributed by atoms with Crippen LogP contribution in [0.2, 0.25) is 10.0 Å². The Balaban J connectivity index is 1.61. The summed E-state index contributed by atoms with van der Waals surface area (Å²) < 4.78 is 0. The standard InChI is InChI=1S/C18H18Cl2N2O2/c19-16-5-2-6-17(20)15(16)12-18(24)22-9-7-21(8-10-22)13-3-1-4-14(23)11-13/h1-6,11,23H,7-10,12H2. The van der Waals surface area contributed by atoms with Gasteiger partial charge in [0.25, 0.3) is 0 Å². The SMILES string of the molecule is O=C(Cc1c(Cl)cccc1Cl)N1CCN(c2cccc(O)c2)CC1. The number of amides is 1. The number of hydrogen-bond acceptors (Lipinski definition) is 3. The lowest BCUT2D eigenvalue weighted by molar-refractivity contribution is -0.130. The van der Waals surface area contributed by atoms with Gasteiger partial charge in [-0.1, -0.05) is 35.3 Å². The summed E-state index contributed by atoms with van der Waals surface area (Å²) >= 11 is 12.3. The van der Waals surface area contributed by atoms with E-state index in [1.165, 1.54) is 0 Å². The van der Waals surface area contributed by atoms with Gasteiger partial charge in [-0.15, -0.1) is 0 Å². The summed E-state index contributed by atoms with van der Waals surface area (Å²) in [6.07, 6.45) is 0.213. The molecule has 0 aliphatic carbocycles. The molecule has 3 rings (SSSR count). The molecule has 4 nitrogen and oxygen atoms in total. The number of carbonyl (C=O) groups excluding carboxylic acids is 1. The van der Waals surface area contributed by atoms with Gasteiger partial charge in [0.2, 0.25) is 5.91 Å². The van der Waals surface area contributed by atoms with Crippen molar-refractivity contribution in [3.05, 3.63) is 58.1 Å². The lowest BCUT2D eigenvalue weighted by Crippen LogP contribution is -2.49. The quantitative estimate of drug-likeness (QED) is 0.904. The molecule has 1 fully saturated rings. The maximum absolute atomic E-state index is 12.5. The summed E-state index contributed by atoms with van der Waals surface area (Å²) in [5.41, 5.74) is 1.65. The molecule has 0 bridgehead atoms. The zero-order valence-corrected chi connectivity index (χ0v) is 14.6. The Labute approximate surface area is 151 Å². The number of nitrogens with zero attached hydrogens (tertiary/aromatic N) is 2. The molecule has 126 valence electrons. The van der Waals surface area contributed by atoms with Gasteiger partial charge in [-0.05, 0) is 29.8 Å². The second kappa shape index (κ2) is 7.32. The van der Waals surface area contributed by atoms with Gasteiger partial charge < -0.3 is 14.9 Å². The summed E-state index contributed by atoms with van der Waals surface area (Å²) in [6, 6.07) is 12.4. The maximum Gasteiger partial charge on any atom is 0.227 e. The van der Waals surface area contributed by atoms with E-state index in [1.807, 2.05) is 17.0 Å². The molecule has 2 aromatic carbocycles. The fourth-order valence-corrected chi connectivity index (χ4v) is 3.40. The van der Waals surface area contributed by atoms with E-state index in [-0.39, 0.29) is 18.1 Å². The van der Waals surface area contributed by atoms with Crippen molar-refractivity contribution in [1.82, 2.24) is 4.90 Å². The molecule has 0 radical (unpaired) electrons. The first-order valence-corrected chi connectivity index (χ1v) is 8.55. The average Bonchev–Trinajstić information content (AvgIpc) is 2.58. The zero-order valence-electron chi connectivity index (χ0n) is 13.1. The summed E-state index contributed by atoms with van der Waals surface area (Å²) in [6.45, 7) is 2.73. The maximum atomic E-state index is 12.5. The van der Waals surface area contributed by atoms with Crippen molar-refractivity contribution in [2.45, 2.75) is 6.42 Å². The highest BCUT2D eigenvalue weighted by Gasteiger charge is 2.22. The highest BCUT2D eigenvalue weighted by Crippen LogP contribution is 2.26. The van der Waals surface area contributed by atoms with Crippen LogP contribution in [0.15, 0.2) is 42.5 Å². The minimum absolute atomic E-state index is 0.0283. The summed E-state index contributed by atoms with van der Waals surface area (Å²) in [4.78, 5) is 16.5. The number of piperazine rings is 1. The van der Waals surface area contributed by atoms with Gasteiger partial charge in [0.05, 0.1) is 6.42 Å². The lowest BCUT2D eigenvalue weighted by Gasteiger charge is -2.36. The normalized spacial score (nSPS) is 14.8. The van der Waals surface area contributed by atoms with Crippen molar-refractivity contribution in [3.63, 3.8) is 0 Å². The molecule has 1 amide bonds. The smallest absolute Gasteiger partial charge is 0.227 e. The summed E-state index contributed by atoms with van der Waals surface area (Å²) in [5, 5.41) is 10.6. The van der Waals surface area contributed by atoms with Crippen LogP contribution in [-0.4, -0.2) is 42.1 Å². The number of hydrogen-bond donors (Lipinski definition) is 1. The topological polar surface area (TPSA) is 43.8 Å². The van der Waals surface area contributed by atoms with Gasteiger partial charge in [0.1, 0.15) is 5.75 Å². The Morgan fingerprint density at radius 2 is 1.62 bits per heavy atom. The van der Waals surface area contributed by atoms with Crippen LogP contribution >= 0.6 is 23.2 Å². The third kappa shape index (κ3) is 3.77. The average molecular weight is 365 g/mol. The van der Waals surface area contributed by atoms with E-state index >= 15 is 0 Å². The van der Waals surface area contributed by atoms with E-state index in [1.54, 1.807) is 30.3 Å². The first kappa shape index (κ1) is 16.9. The summed E-state index contributed by atoms with van der Waals surface area (Å²) in [7, 11) is 0. The van der Waals surface area contributed by atoms with Crippen molar-refractivity contribution < 1.29 is 9.90 Å². The number of carbonyl (C=O) groups is 1.